The third-order valence-electron chi connectivity index (χ3n) is 2.83. The van der Waals surface area contributed by atoms with Crippen molar-refractivity contribution in [3.05, 3.63) is 27.2 Å². The van der Waals surface area contributed by atoms with Crippen LogP contribution in [0.3, 0.4) is 0 Å². The van der Waals surface area contributed by atoms with Gasteiger partial charge in [-0.25, -0.2) is 9.78 Å². The number of carbonyl (C=O) groups excluding carboxylic acids is 1. The van der Waals surface area contributed by atoms with E-state index in [0.29, 0.717) is 0 Å². The number of fused-ring (bicyclic) bond motifs is 1. The number of nitrogens with one attached hydrogen (secondary N) is 1. The topological polar surface area (TPSA) is 113 Å². The zero-order valence-corrected chi connectivity index (χ0v) is 9.84. The van der Waals surface area contributed by atoms with Crippen LogP contribution in [0.25, 0.3) is 11.2 Å². The minimum absolute atomic E-state index is 0.0270. The summed E-state index contributed by atoms with van der Waals surface area (Å²) in [6.07, 6.45) is 1.40. The van der Waals surface area contributed by atoms with Crippen LogP contribution in [0.1, 0.15) is 19.4 Å². The number of aliphatic carboxylic acids is 1. The number of H-pyrrole nitrogens is 1. The summed E-state index contributed by atoms with van der Waals surface area (Å²) in [4.78, 5) is 41.2. The van der Waals surface area contributed by atoms with Gasteiger partial charge in [-0.05, 0) is 6.42 Å². The number of nitrogens with zero attached hydrogens (tertiary/aromatic N) is 3. The molecular weight excluding hydrogens is 240 g/mol. The Labute approximate surface area is 101 Å². The molecule has 0 bridgehead atoms. The molecule has 8 nitrogen and oxygen atoms in total. The molecule has 96 valence electrons. The van der Waals surface area contributed by atoms with E-state index in [-0.39, 0.29) is 17.6 Å². The zero-order valence-electron chi connectivity index (χ0n) is 9.84. The van der Waals surface area contributed by atoms with E-state index in [9.17, 15) is 19.5 Å². The van der Waals surface area contributed by atoms with Crippen LogP contribution in [-0.4, -0.2) is 25.1 Å². The minimum Gasteiger partial charge on any atom is -0.548 e. The number of hydrogen-bond donors (Lipinski definition) is 1. The lowest BCUT2D eigenvalue weighted by atomic mass is 10.2. The van der Waals surface area contributed by atoms with Crippen molar-refractivity contribution in [3.63, 3.8) is 0 Å². The molecule has 2 aromatic rings. The van der Waals surface area contributed by atoms with Crippen molar-refractivity contribution in [1.29, 1.82) is 0 Å². The molecule has 0 aliphatic carbocycles. The quantitative estimate of drug-likeness (QED) is 0.686. The molecule has 8 heteroatoms. The van der Waals surface area contributed by atoms with Crippen LogP contribution < -0.4 is 16.4 Å². The number of carboxylic acids is 1. The van der Waals surface area contributed by atoms with Gasteiger partial charge in [-0.2, -0.15) is 0 Å². The van der Waals surface area contributed by atoms with Crippen LogP contribution in [0.2, 0.25) is 0 Å². The molecule has 0 radical (unpaired) electrons. The Bertz CT molecular complexity index is 724. The van der Waals surface area contributed by atoms with Crippen molar-refractivity contribution in [2.75, 3.05) is 0 Å². The number of aromatic nitrogens is 4. The van der Waals surface area contributed by atoms with Gasteiger partial charge in [0, 0.05) is 7.05 Å². The van der Waals surface area contributed by atoms with E-state index < -0.39 is 23.3 Å². The first-order valence-electron chi connectivity index (χ1n) is 5.34. The molecule has 18 heavy (non-hydrogen) atoms. The molecule has 2 heterocycles. The lowest BCUT2D eigenvalue weighted by molar-refractivity contribution is -0.310. The Balaban J connectivity index is 2.94. The average molecular weight is 251 g/mol. The molecule has 0 fully saturated rings. The summed E-state index contributed by atoms with van der Waals surface area (Å²) in [7, 11) is 1.28. The van der Waals surface area contributed by atoms with Crippen LogP contribution in [0, 0.1) is 0 Å². The lowest BCUT2D eigenvalue weighted by Gasteiger charge is -2.19. The third kappa shape index (κ3) is 1.53. The summed E-state index contributed by atoms with van der Waals surface area (Å²) in [5, 5.41) is 11.0. The number of carboxylic acid groups (broad SMARTS) is 1. The van der Waals surface area contributed by atoms with Crippen LogP contribution in [0.4, 0.5) is 0 Å². The molecule has 0 aliphatic heterocycles. The molecule has 0 spiro atoms. The van der Waals surface area contributed by atoms with Gasteiger partial charge in [0.05, 0.1) is 18.3 Å². The SMILES string of the molecule is CCC(C(=O)[O-])n1c(=O)n(C)c(=O)c2[nH]cnc21. The maximum absolute atomic E-state index is 12.0. The van der Waals surface area contributed by atoms with Gasteiger partial charge in [-0.15, -0.1) is 0 Å². The first-order chi connectivity index (χ1) is 8.49. The van der Waals surface area contributed by atoms with Crippen molar-refractivity contribution in [1.82, 2.24) is 19.1 Å². The molecule has 0 saturated heterocycles. The highest BCUT2D eigenvalue weighted by atomic mass is 16.4. The number of aromatic amines is 1. The van der Waals surface area contributed by atoms with E-state index in [4.69, 9.17) is 0 Å². The van der Waals surface area contributed by atoms with E-state index in [1.807, 2.05) is 0 Å². The Hall–Kier alpha value is -2.38. The Morgan fingerprint density at radius 2 is 2.22 bits per heavy atom. The number of imidazole rings is 1. The van der Waals surface area contributed by atoms with Crippen molar-refractivity contribution < 1.29 is 9.90 Å². The molecule has 1 unspecified atom stereocenters. The second-order valence-electron chi connectivity index (χ2n) is 3.86. The van der Waals surface area contributed by atoms with Gasteiger partial charge in [0.2, 0.25) is 0 Å². The third-order valence-corrected chi connectivity index (χ3v) is 2.83. The standard InChI is InChI=1S/C10H12N4O4/c1-3-5(9(16)17)14-7-6(11-4-12-7)8(15)13(2)10(14)18/h4-5H,3H2,1-2H3,(H,11,12)(H,16,17)/p-1. The smallest absolute Gasteiger partial charge is 0.333 e. The van der Waals surface area contributed by atoms with Crippen LogP contribution in [0.15, 0.2) is 15.9 Å². The molecule has 1 N–H and O–H groups in total. The maximum atomic E-state index is 12.0. The first-order valence-corrected chi connectivity index (χ1v) is 5.34. The Kier molecular flexibility index (Phi) is 2.77. The second-order valence-corrected chi connectivity index (χ2v) is 3.86. The van der Waals surface area contributed by atoms with E-state index in [1.165, 1.54) is 13.4 Å². The van der Waals surface area contributed by atoms with Crippen molar-refractivity contribution in [3.8, 4) is 0 Å². The van der Waals surface area contributed by atoms with E-state index in [0.717, 1.165) is 9.13 Å². The molecule has 0 aliphatic rings. The van der Waals surface area contributed by atoms with Gasteiger partial charge in [0.25, 0.3) is 5.56 Å². The Morgan fingerprint density at radius 3 is 2.78 bits per heavy atom. The summed E-state index contributed by atoms with van der Waals surface area (Å²) in [6.45, 7) is 1.61. The van der Waals surface area contributed by atoms with E-state index in [1.54, 1.807) is 6.92 Å². The van der Waals surface area contributed by atoms with Gasteiger partial charge >= 0.3 is 5.69 Å². The summed E-state index contributed by atoms with van der Waals surface area (Å²) < 4.78 is 1.80. The zero-order chi connectivity index (χ0) is 13.4. The predicted molar refractivity (Wildman–Crippen MR) is 59.9 cm³/mol. The van der Waals surface area contributed by atoms with E-state index in [2.05, 4.69) is 9.97 Å². The number of carbonyl (C=O) groups is 1. The average Bonchev–Trinajstić information content (AvgIpc) is 2.80. The molecule has 0 amide bonds. The lowest BCUT2D eigenvalue weighted by Crippen LogP contribution is -2.44. The number of rotatable bonds is 3. The van der Waals surface area contributed by atoms with Gasteiger partial charge in [0.15, 0.2) is 5.65 Å². The molecule has 2 aromatic heterocycles. The Morgan fingerprint density at radius 1 is 1.56 bits per heavy atom. The molecule has 0 saturated carbocycles. The van der Waals surface area contributed by atoms with Gasteiger partial charge < -0.3 is 14.9 Å². The van der Waals surface area contributed by atoms with Crippen molar-refractivity contribution in [2.45, 2.75) is 19.4 Å². The monoisotopic (exact) mass is 251 g/mol. The summed E-state index contributed by atoms with van der Waals surface area (Å²) in [5.74, 6) is -1.39. The molecule has 0 aromatic carbocycles. The fourth-order valence-corrected chi connectivity index (χ4v) is 1.87. The van der Waals surface area contributed by atoms with Gasteiger partial charge in [0.1, 0.15) is 5.52 Å². The molecular formula is C10H11N4O4-. The van der Waals surface area contributed by atoms with Gasteiger partial charge in [-0.3, -0.25) is 13.9 Å². The van der Waals surface area contributed by atoms with E-state index >= 15 is 0 Å². The summed E-state index contributed by atoms with van der Waals surface area (Å²) >= 11 is 0. The van der Waals surface area contributed by atoms with Crippen molar-refractivity contribution in [2.24, 2.45) is 7.05 Å². The van der Waals surface area contributed by atoms with Crippen LogP contribution in [0.5, 0.6) is 0 Å². The van der Waals surface area contributed by atoms with Crippen LogP contribution >= 0.6 is 0 Å². The first kappa shape index (κ1) is 12.1. The van der Waals surface area contributed by atoms with Gasteiger partial charge in [-0.1, -0.05) is 6.92 Å². The maximum Gasteiger partial charge on any atom is 0.333 e. The number of hydrogen-bond acceptors (Lipinski definition) is 5. The summed E-state index contributed by atoms with van der Waals surface area (Å²) in [6, 6.07) is -1.16. The fourth-order valence-electron chi connectivity index (χ4n) is 1.87. The summed E-state index contributed by atoms with van der Waals surface area (Å²) in [5.41, 5.74) is -1.15. The highest BCUT2D eigenvalue weighted by molar-refractivity contribution is 5.75. The molecule has 2 rings (SSSR count). The second kappa shape index (κ2) is 4.13. The minimum atomic E-state index is -1.39. The largest absolute Gasteiger partial charge is 0.548 e. The predicted octanol–water partition coefficient (Wildman–Crippen LogP) is -1.88. The van der Waals surface area contributed by atoms with Crippen molar-refractivity contribution >= 4 is 17.1 Å². The molecule has 1 atom stereocenters. The fraction of sp³-hybridized carbons (Fsp3) is 0.400. The van der Waals surface area contributed by atoms with Crippen LogP contribution in [-0.2, 0) is 11.8 Å². The highest BCUT2D eigenvalue weighted by Crippen LogP contribution is 2.12. The highest BCUT2D eigenvalue weighted by Gasteiger charge is 2.19. The normalized spacial score (nSPS) is 12.8.